The number of aryl methyl sites for hydroxylation is 2. The lowest BCUT2D eigenvalue weighted by molar-refractivity contribution is -0.134. The van der Waals surface area contributed by atoms with Crippen molar-refractivity contribution in [3.63, 3.8) is 0 Å². The van der Waals surface area contributed by atoms with Crippen LogP contribution in [0.15, 0.2) is 24.3 Å². The number of ether oxygens (including phenoxy) is 4. The molecule has 0 amide bonds. The quantitative estimate of drug-likeness (QED) is 0.159. The van der Waals surface area contributed by atoms with Gasteiger partial charge in [0.2, 0.25) is 0 Å². The Balaban J connectivity index is 1.32. The van der Waals surface area contributed by atoms with E-state index in [1.165, 1.54) is 27.7 Å². The number of hydrogen-bond acceptors (Lipinski definition) is 10. The molecule has 0 aromatic heterocycles. The number of carbonyl (C=O) groups is 4. The molecule has 2 aromatic rings. The van der Waals surface area contributed by atoms with E-state index in [0.717, 1.165) is 99.8 Å². The second-order valence-electron chi connectivity index (χ2n) is 12.6. The fourth-order valence-corrected chi connectivity index (χ4v) is 6.89. The molecule has 2 fully saturated rings. The molecule has 2 aliphatic rings. The van der Waals surface area contributed by atoms with Gasteiger partial charge in [0.15, 0.2) is 23.0 Å². The van der Waals surface area contributed by atoms with Crippen LogP contribution in [0.2, 0.25) is 0 Å². The molecule has 46 heavy (non-hydrogen) atoms. The molecule has 2 atom stereocenters. The second-order valence-corrected chi connectivity index (χ2v) is 12.6. The third kappa shape index (κ3) is 9.87. The molecular formula is C36H48N2O8. The van der Waals surface area contributed by atoms with Crippen LogP contribution >= 0.6 is 0 Å². The molecule has 2 aliphatic heterocycles. The number of carbonyl (C=O) groups excluding carboxylic acids is 4. The van der Waals surface area contributed by atoms with Crippen molar-refractivity contribution in [1.29, 1.82) is 0 Å². The van der Waals surface area contributed by atoms with Crippen LogP contribution in [0.3, 0.4) is 0 Å². The Kier molecular flexibility index (Phi) is 12.3. The Morgan fingerprint density at radius 2 is 0.978 bits per heavy atom. The van der Waals surface area contributed by atoms with Crippen LogP contribution in [0.4, 0.5) is 0 Å². The van der Waals surface area contributed by atoms with Crippen molar-refractivity contribution in [3.8, 4) is 23.0 Å². The van der Waals surface area contributed by atoms with E-state index >= 15 is 0 Å². The van der Waals surface area contributed by atoms with E-state index in [9.17, 15) is 19.2 Å². The number of benzene rings is 2. The maximum atomic E-state index is 11.7. The summed E-state index contributed by atoms with van der Waals surface area (Å²) in [6.07, 6.45) is 8.45. The third-order valence-corrected chi connectivity index (χ3v) is 8.68. The fraction of sp³-hybridized carbons (Fsp3) is 0.556. The lowest BCUT2D eigenvalue weighted by Gasteiger charge is -2.27. The summed E-state index contributed by atoms with van der Waals surface area (Å²) in [7, 11) is 0. The van der Waals surface area contributed by atoms with Gasteiger partial charge in [0.05, 0.1) is 0 Å². The van der Waals surface area contributed by atoms with Crippen LogP contribution < -0.4 is 18.9 Å². The summed E-state index contributed by atoms with van der Waals surface area (Å²) >= 11 is 0. The molecule has 10 heteroatoms. The van der Waals surface area contributed by atoms with Crippen molar-refractivity contribution in [2.24, 2.45) is 0 Å². The van der Waals surface area contributed by atoms with Gasteiger partial charge in [0.1, 0.15) is 0 Å². The first-order chi connectivity index (χ1) is 21.9. The highest BCUT2D eigenvalue weighted by Crippen LogP contribution is 2.36. The lowest BCUT2D eigenvalue weighted by atomic mass is 10.0. The summed E-state index contributed by atoms with van der Waals surface area (Å²) in [6, 6.07) is 8.53. The zero-order chi connectivity index (χ0) is 33.4. The molecule has 0 N–H and O–H groups in total. The van der Waals surface area contributed by atoms with Crippen LogP contribution in [0.25, 0.3) is 0 Å². The minimum absolute atomic E-state index is 0.292. The minimum atomic E-state index is -0.454. The van der Waals surface area contributed by atoms with E-state index in [1.807, 2.05) is 38.1 Å². The molecule has 2 saturated heterocycles. The Bertz CT molecular complexity index is 1330. The molecule has 10 nitrogen and oxygen atoms in total. The number of hydrogen-bond donors (Lipinski definition) is 0. The second kappa shape index (κ2) is 16.2. The molecule has 2 unspecified atom stereocenters. The monoisotopic (exact) mass is 636 g/mol. The molecule has 0 saturated carbocycles. The normalized spacial score (nSPS) is 18.4. The molecule has 0 spiro atoms. The number of unbranched alkanes of at least 4 members (excludes halogenated alkanes) is 1. The van der Waals surface area contributed by atoms with Gasteiger partial charge in [-0.25, -0.2) is 0 Å². The number of nitrogens with zero attached hydrogens (tertiary/aromatic N) is 2. The van der Waals surface area contributed by atoms with Gasteiger partial charge < -0.3 is 28.7 Å². The smallest absolute Gasteiger partial charge is 0.308 e. The Labute approximate surface area is 272 Å². The molecule has 4 rings (SSSR count). The first-order valence-electron chi connectivity index (χ1n) is 16.4. The molecule has 2 aromatic carbocycles. The standard InChI is InChI=1S/C36H48N2O8/c1-23-17-29(21-33(43-25(3)39)35(23)45-27(5)41)19-31-11-9-15-37(31)13-7-8-14-38-16-10-12-32(38)20-30-18-24(2)36(46-28(6)42)34(22-30)44-26(4)40/h17-18,21-22,31-32H,7-16,19-20H2,1-6H3. The largest absolute Gasteiger partial charge is 0.423 e. The predicted octanol–water partition coefficient (Wildman–Crippen LogP) is 5.50. The molecular weight excluding hydrogens is 588 g/mol. The highest BCUT2D eigenvalue weighted by Gasteiger charge is 2.28. The fourth-order valence-electron chi connectivity index (χ4n) is 6.89. The first kappa shape index (κ1) is 35.1. The topological polar surface area (TPSA) is 112 Å². The number of rotatable bonds is 13. The average Bonchev–Trinajstić information content (AvgIpc) is 3.58. The van der Waals surface area contributed by atoms with Gasteiger partial charge in [-0.05, 0) is 126 Å². The van der Waals surface area contributed by atoms with E-state index in [4.69, 9.17) is 18.9 Å². The van der Waals surface area contributed by atoms with Gasteiger partial charge in [-0.3, -0.25) is 19.2 Å². The van der Waals surface area contributed by atoms with E-state index in [1.54, 1.807) is 0 Å². The zero-order valence-corrected chi connectivity index (χ0v) is 28.1. The van der Waals surface area contributed by atoms with Crippen molar-refractivity contribution < 1.29 is 38.1 Å². The van der Waals surface area contributed by atoms with E-state index in [-0.39, 0.29) is 0 Å². The SMILES string of the molecule is CC(=O)Oc1cc(CC2CCCN2CCCCN2CCCC2Cc2cc(C)c(OC(C)=O)c(OC(C)=O)c2)cc(C)c1OC(C)=O. The minimum Gasteiger partial charge on any atom is -0.423 e. The van der Waals surface area contributed by atoms with E-state index in [2.05, 4.69) is 9.80 Å². The summed E-state index contributed by atoms with van der Waals surface area (Å²) < 4.78 is 21.5. The van der Waals surface area contributed by atoms with Crippen molar-refractivity contribution in [1.82, 2.24) is 9.80 Å². The Hall–Kier alpha value is -3.76. The highest BCUT2D eigenvalue weighted by molar-refractivity contribution is 5.75. The molecule has 0 aliphatic carbocycles. The van der Waals surface area contributed by atoms with Gasteiger partial charge in [0, 0.05) is 39.8 Å². The van der Waals surface area contributed by atoms with Crippen LogP contribution in [0.1, 0.15) is 88.5 Å². The van der Waals surface area contributed by atoms with Gasteiger partial charge in [-0.1, -0.05) is 12.1 Å². The molecule has 250 valence electrons. The van der Waals surface area contributed by atoms with Crippen LogP contribution in [-0.4, -0.2) is 71.9 Å². The summed E-state index contributed by atoms with van der Waals surface area (Å²) in [5, 5.41) is 0. The molecule has 0 radical (unpaired) electrons. The third-order valence-electron chi connectivity index (χ3n) is 8.68. The molecule has 2 heterocycles. The summed E-state index contributed by atoms with van der Waals surface area (Å²) in [4.78, 5) is 51.8. The summed E-state index contributed by atoms with van der Waals surface area (Å²) in [6.45, 7) is 13.3. The van der Waals surface area contributed by atoms with Crippen molar-refractivity contribution in [2.45, 2.75) is 105 Å². The van der Waals surface area contributed by atoms with Gasteiger partial charge in [-0.15, -0.1) is 0 Å². The van der Waals surface area contributed by atoms with Crippen LogP contribution in [0, 0.1) is 13.8 Å². The van der Waals surface area contributed by atoms with Crippen molar-refractivity contribution in [3.05, 3.63) is 46.5 Å². The zero-order valence-electron chi connectivity index (χ0n) is 28.1. The predicted molar refractivity (Wildman–Crippen MR) is 173 cm³/mol. The van der Waals surface area contributed by atoms with Crippen LogP contribution in [-0.2, 0) is 32.0 Å². The maximum Gasteiger partial charge on any atom is 0.308 e. The first-order valence-corrected chi connectivity index (χ1v) is 16.4. The van der Waals surface area contributed by atoms with E-state index < -0.39 is 23.9 Å². The summed E-state index contributed by atoms with van der Waals surface area (Å²) in [5.41, 5.74) is 3.67. The highest BCUT2D eigenvalue weighted by atomic mass is 16.6. The molecule has 0 bridgehead atoms. The maximum absolute atomic E-state index is 11.7. The van der Waals surface area contributed by atoms with Crippen molar-refractivity contribution in [2.75, 3.05) is 26.2 Å². The van der Waals surface area contributed by atoms with E-state index in [0.29, 0.717) is 35.1 Å². The number of likely N-dealkylation sites (tertiary alicyclic amines) is 2. The van der Waals surface area contributed by atoms with Gasteiger partial charge >= 0.3 is 23.9 Å². The lowest BCUT2D eigenvalue weighted by Crippen LogP contribution is -2.34. The Morgan fingerprint density at radius 1 is 0.609 bits per heavy atom. The van der Waals surface area contributed by atoms with Gasteiger partial charge in [-0.2, -0.15) is 0 Å². The number of esters is 4. The average molecular weight is 637 g/mol. The van der Waals surface area contributed by atoms with Crippen LogP contribution in [0.5, 0.6) is 23.0 Å². The Morgan fingerprint density at radius 3 is 1.33 bits per heavy atom. The van der Waals surface area contributed by atoms with Gasteiger partial charge in [0.25, 0.3) is 0 Å². The summed E-state index contributed by atoms with van der Waals surface area (Å²) in [5.74, 6) is -0.628. The van der Waals surface area contributed by atoms with Crippen molar-refractivity contribution >= 4 is 23.9 Å².